The van der Waals surface area contributed by atoms with Crippen LogP contribution >= 0.6 is 0 Å². The van der Waals surface area contributed by atoms with E-state index in [1.54, 1.807) is 0 Å². The average molecular weight is 237 g/mol. The van der Waals surface area contributed by atoms with Crippen molar-refractivity contribution in [3.8, 4) is 0 Å². The van der Waals surface area contributed by atoms with E-state index in [-0.39, 0.29) is 5.41 Å². The maximum atomic E-state index is 5.54. The molecular weight excluding hydrogens is 214 g/mol. The minimum Gasteiger partial charge on any atom is -0.339 e. The predicted octanol–water partition coefficient (Wildman–Crippen LogP) is 2.47. The van der Waals surface area contributed by atoms with Crippen molar-refractivity contribution in [2.24, 2.45) is 5.92 Å². The SMILES string of the molecule is CCC(C)c1noc(C2(C(C)C)CCNC2)n1. The molecule has 1 aromatic rings. The minimum absolute atomic E-state index is 0.0404. The zero-order valence-corrected chi connectivity index (χ0v) is 11.3. The highest BCUT2D eigenvalue weighted by molar-refractivity contribution is 5.12. The molecule has 1 aliphatic heterocycles. The lowest BCUT2D eigenvalue weighted by atomic mass is 9.76. The summed E-state index contributed by atoms with van der Waals surface area (Å²) in [6.45, 7) is 10.8. The number of aromatic nitrogens is 2. The molecule has 2 unspecified atom stereocenters. The fourth-order valence-corrected chi connectivity index (χ4v) is 2.45. The average Bonchev–Trinajstić information content (AvgIpc) is 2.96. The van der Waals surface area contributed by atoms with E-state index in [1.165, 1.54) is 0 Å². The van der Waals surface area contributed by atoms with Crippen LogP contribution in [0, 0.1) is 5.92 Å². The van der Waals surface area contributed by atoms with Gasteiger partial charge in [0.2, 0.25) is 5.89 Å². The van der Waals surface area contributed by atoms with Crippen molar-refractivity contribution in [3.63, 3.8) is 0 Å². The molecule has 0 saturated carbocycles. The van der Waals surface area contributed by atoms with Crippen LogP contribution < -0.4 is 5.32 Å². The van der Waals surface area contributed by atoms with Gasteiger partial charge < -0.3 is 9.84 Å². The van der Waals surface area contributed by atoms with E-state index in [1.807, 2.05) is 0 Å². The molecule has 4 nitrogen and oxygen atoms in total. The molecule has 0 amide bonds. The molecule has 1 N–H and O–H groups in total. The van der Waals surface area contributed by atoms with Gasteiger partial charge in [-0.2, -0.15) is 4.98 Å². The van der Waals surface area contributed by atoms with Crippen LogP contribution in [-0.2, 0) is 5.41 Å². The van der Waals surface area contributed by atoms with Crippen LogP contribution in [0.5, 0.6) is 0 Å². The molecule has 1 saturated heterocycles. The molecule has 17 heavy (non-hydrogen) atoms. The smallest absolute Gasteiger partial charge is 0.234 e. The number of hydrogen-bond donors (Lipinski definition) is 1. The summed E-state index contributed by atoms with van der Waals surface area (Å²) in [4.78, 5) is 4.64. The summed E-state index contributed by atoms with van der Waals surface area (Å²) < 4.78 is 5.54. The summed E-state index contributed by atoms with van der Waals surface area (Å²) in [5.74, 6) is 2.58. The van der Waals surface area contributed by atoms with Crippen molar-refractivity contribution < 1.29 is 4.52 Å². The zero-order chi connectivity index (χ0) is 12.5. The fourth-order valence-electron chi connectivity index (χ4n) is 2.45. The lowest BCUT2D eigenvalue weighted by Crippen LogP contribution is -2.35. The van der Waals surface area contributed by atoms with Gasteiger partial charge in [-0.15, -0.1) is 0 Å². The van der Waals surface area contributed by atoms with E-state index < -0.39 is 0 Å². The van der Waals surface area contributed by atoms with Crippen LogP contribution in [0.2, 0.25) is 0 Å². The van der Waals surface area contributed by atoms with Gasteiger partial charge >= 0.3 is 0 Å². The second kappa shape index (κ2) is 4.77. The molecule has 2 rings (SSSR count). The van der Waals surface area contributed by atoms with Gasteiger partial charge in [0.05, 0.1) is 5.41 Å². The second-order valence-corrected chi connectivity index (χ2v) is 5.50. The molecule has 0 aromatic carbocycles. The molecule has 0 bridgehead atoms. The van der Waals surface area contributed by atoms with E-state index in [0.29, 0.717) is 11.8 Å². The summed E-state index contributed by atoms with van der Waals surface area (Å²) in [6.07, 6.45) is 2.14. The Balaban J connectivity index is 2.28. The van der Waals surface area contributed by atoms with Crippen molar-refractivity contribution in [3.05, 3.63) is 11.7 Å². The minimum atomic E-state index is 0.0404. The van der Waals surface area contributed by atoms with E-state index in [2.05, 4.69) is 43.2 Å². The summed E-state index contributed by atoms with van der Waals surface area (Å²) in [6, 6.07) is 0. The van der Waals surface area contributed by atoms with Crippen LogP contribution in [0.15, 0.2) is 4.52 Å². The van der Waals surface area contributed by atoms with E-state index >= 15 is 0 Å². The molecule has 2 heterocycles. The molecular formula is C13H23N3O. The highest BCUT2D eigenvalue weighted by Crippen LogP contribution is 2.37. The van der Waals surface area contributed by atoms with E-state index in [0.717, 1.165) is 37.6 Å². The number of hydrogen-bond acceptors (Lipinski definition) is 4. The Kier molecular flexibility index (Phi) is 3.52. The van der Waals surface area contributed by atoms with Crippen LogP contribution in [0.3, 0.4) is 0 Å². The van der Waals surface area contributed by atoms with E-state index in [4.69, 9.17) is 4.52 Å². The monoisotopic (exact) mass is 237 g/mol. The summed E-state index contributed by atoms with van der Waals surface area (Å²) in [5, 5.41) is 7.56. The van der Waals surface area contributed by atoms with E-state index in [9.17, 15) is 0 Å². The highest BCUT2D eigenvalue weighted by atomic mass is 16.5. The van der Waals surface area contributed by atoms with Gasteiger partial charge in [0, 0.05) is 12.5 Å². The molecule has 1 aromatic heterocycles. The Labute approximate surface area is 103 Å². The maximum absolute atomic E-state index is 5.54. The number of nitrogens with one attached hydrogen (secondary N) is 1. The third-order valence-electron chi connectivity index (χ3n) is 4.21. The molecule has 2 atom stereocenters. The van der Waals surface area contributed by atoms with Gasteiger partial charge in [0.25, 0.3) is 0 Å². The Morgan fingerprint density at radius 1 is 1.41 bits per heavy atom. The largest absolute Gasteiger partial charge is 0.339 e. The molecule has 0 aliphatic carbocycles. The van der Waals surface area contributed by atoms with Crippen molar-refractivity contribution in [2.75, 3.05) is 13.1 Å². The molecule has 96 valence electrons. The van der Waals surface area contributed by atoms with Gasteiger partial charge in [-0.1, -0.05) is 32.9 Å². The molecule has 1 fully saturated rings. The van der Waals surface area contributed by atoms with Crippen molar-refractivity contribution >= 4 is 0 Å². The topological polar surface area (TPSA) is 51.0 Å². The summed E-state index contributed by atoms with van der Waals surface area (Å²) >= 11 is 0. The third-order valence-corrected chi connectivity index (χ3v) is 4.21. The van der Waals surface area contributed by atoms with Crippen LogP contribution in [0.25, 0.3) is 0 Å². The third kappa shape index (κ3) is 2.10. The Bertz CT molecular complexity index is 366. The second-order valence-electron chi connectivity index (χ2n) is 5.50. The fraction of sp³-hybridized carbons (Fsp3) is 0.846. The van der Waals surface area contributed by atoms with Crippen LogP contribution in [-0.4, -0.2) is 23.2 Å². The summed E-state index contributed by atoms with van der Waals surface area (Å²) in [7, 11) is 0. The Morgan fingerprint density at radius 2 is 2.18 bits per heavy atom. The first-order valence-electron chi connectivity index (χ1n) is 6.65. The van der Waals surface area contributed by atoms with Crippen molar-refractivity contribution in [1.29, 1.82) is 0 Å². The first-order chi connectivity index (χ1) is 8.10. The van der Waals surface area contributed by atoms with Crippen molar-refractivity contribution in [1.82, 2.24) is 15.5 Å². The molecule has 1 aliphatic rings. The lowest BCUT2D eigenvalue weighted by molar-refractivity contribution is 0.233. The highest BCUT2D eigenvalue weighted by Gasteiger charge is 2.43. The quantitative estimate of drug-likeness (QED) is 0.874. The van der Waals surface area contributed by atoms with Crippen LogP contribution in [0.1, 0.15) is 58.2 Å². The Morgan fingerprint density at radius 3 is 2.71 bits per heavy atom. The molecule has 4 heteroatoms. The predicted molar refractivity (Wildman–Crippen MR) is 67.0 cm³/mol. The zero-order valence-electron chi connectivity index (χ0n) is 11.3. The lowest BCUT2D eigenvalue weighted by Gasteiger charge is -2.28. The number of rotatable bonds is 4. The van der Waals surface area contributed by atoms with Gasteiger partial charge in [-0.25, -0.2) is 0 Å². The van der Waals surface area contributed by atoms with Crippen molar-refractivity contribution in [2.45, 2.75) is 51.9 Å². The summed E-state index contributed by atoms with van der Waals surface area (Å²) in [5.41, 5.74) is 0.0404. The van der Waals surface area contributed by atoms with Gasteiger partial charge in [-0.3, -0.25) is 0 Å². The van der Waals surface area contributed by atoms with Gasteiger partial charge in [0.1, 0.15) is 0 Å². The first kappa shape index (κ1) is 12.6. The standard InChI is InChI=1S/C13H23N3O/c1-5-10(4)11-15-12(17-16-11)13(9(2)3)6-7-14-8-13/h9-10,14H,5-8H2,1-4H3. The maximum Gasteiger partial charge on any atom is 0.234 e. The van der Waals surface area contributed by atoms with Crippen LogP contribution in [0.4, 0.5) is 0 Å². The molecule has 0 radical (unpaired) electrons. The van der Waals surface area contributed by atoms with Gasteiger partial charge in [0.15, 0.2) is 5.82 Å². The normalized spacial score (nSPS) is 26.6. The first-order valence-corrected chi connectivity index (χ1v) is 6.65. The van der Waals surface area contributed by atoms with Gasteiger partial charge in [-0.05, 0) is 25.3 Å². The number of nitrogens with zero attached hydrogens (tertiary/aromatic N) is 2. The molecule has 0 spiro atoms. The Hall–Kier alpha value is -0.900.